The molecule has 1 aromatic rings. The van der Waals surface area contributed by atoms with Crippen LogP contribution in [0.3, 0.4) is 0 Å². The van der Waals surface area contributed by atoms with E-state index in [1.54, 1.807) is 0 Å². The summed E-state index contributed by atoms with van der Waals surface area (Å²) >= 11 is 5.14. The van der Waals surface area contributed by atoms with Gasteiger partial charge in [0.1, 0.15) is 24.4 Å². The third-order valence-electron chi connectivity index (χ3n) is 3.44. The topological polar surface area (TPSA) is 114 Å². The van der Waals surface area contributed by atoms with E-state index in [4.69, 9.17) is 22.1 Å². The Morgan fingerprint density at radius 3 is 2.59 bits per heavy atom. The molecule has 0 radical (unpaired) electrons. The summed E-state index contributed by atoms with van der Waals surface area (Å²) in [4.78, 5) is 0. The van der Waals surface area contributed by atoms with Gasteiger partial charge < -0.3 is 35.8 Å². The Labute approximate surface area is 133 Å². The van der Waals surface area contributed by atoms with Crippen molar-refractivity contribution in [2.24, 2.45) is 0 Å². The fourth-order valence-electron chi connectivity index (χ4n) is 2.24. The highest BCUT2D eigenvalue weighted by Crippen LogP contribution is 2.20. The van der Waals surface area contributed by atoms with Crippen LogP contribution < -0.4 is 10.6 Å². The first-order chi connectivity index (χ1) is 10.4. The summed E-state index contributed by atoms with van der Waals surface area (Å²) in [5.41, 5.74) is 1.82. The summed E-state index contributed by atoms with van der Waals surface area (Å²) in [6.07, 6.45) is -6.23. The van der Waals surface area contributed by atoms with Crippen LogP contribution in [0.1, 0.15) is 5.56 Å². The van der Waals surface area contributed by atoms with Gasteiger partial charge in [-0.3, -0.25) is 0 Å². The third kappa shape index (κ3) is 3.92. The molecule has 0 spiro atoms. The van der Waals surface area contributed by atoms with Crippen LogP contribution in [0.5, 0.6) is 0 Å². The number of anilines is 1. The second-order valence-electron chi connectivity index (χ2n) is 5.22. The van der Waals surface area contributed by atoms with E-state index in [0.29, 0.717) is 0 Å². The third-order valence-corrected chi connectivity index (χ3v) is 3.66. The van der Waals surface area contributed by atoms with E-state index < -0.39 is 37.3 Å². The molecule has 8 heteroatoms. The van der Waals surface area contributed by atoms with E-state index in [0.717, 1.165) is 11.3 Å². The number of ether oxygens (including phenoxy) is 1. The summed E-state index contributed by atoms with van der Waals surface area (Å²) in [6, 6.07) is 7.53. The smallest absolute Gasteiger partial charge is 0.172 e. The molecule has 1 fully saturated rings. The van der Waals surface area contributed by atoms with Gasteiger partial charge in [0.2, 0.25) is 0 Å². The minimum Gasteiger partial charge on any atom is -0.394 e. The number of nitrogens with one attached hydrogen (secondary N) is 2. The van der Waals surface area contributed by atoms with Crippen molar-refractivity contribution in [2.45, 2.75) is 37.6 Å². The summed E-state index contributed by atoms with van der Waals surface area (Å²) in [5, 5.41) is 44.3. The van der Waals surface area contributed by atoms with E-state index in [1.807, 2.05) is 31.2 Å². The maximum Gasteiger partial charge on any atom is 0.172 e. The molecule has 1 heterocycles. The SMILES string of the molecule is Cc1cccc(NC(=S)NC2OC(CO)C(O)C(O)C2O)c1. The van der Waals surface area contributed by atoms with Crippen LogP contribution in [0.25, 0.3) is 0 Å². The van der Waals surface area contributed by atoms with Gasteiger partial charge in [0, 0.05) is 5.69 Å². The Morgan fingerprint density at radius 1 is 1.23 bits per heavy atom. The average Bonchev–Trinajstić information content (AvgIpc) is 2.48. The largest absolute Gasteiger partial charge is 0.394 e. The molecule has 0 bridgehead atoms. The number of aliphatic hydroxyl groups excluding tert-OH is 4. The molecule has 0 saturated carbocycles. The number of rotatable bonds is 3. The van der Waals surface area contributed by atoms with Gasteiger partial charge in [0.05, 0.1) is 6.61 Å². The Balaban J connectivity index is 1.98. The van der Waals surface area contributed by atoms with Crippen molar-refractivity contribution in [3.05, 3.63) is 29.8 Å². The fraction of sp³-hybridized carbons (Fsp3) is 0.500. The highest BCUT2D eigenvalue weighted by molar-refractivity contribution is 7.80. The van der Waals surface area contributed by atoms with Gasteiger partial charge in [0.25, 0.3) is 0 Å². The first-order valence-electron chi connectivity index (χ1n) is 6.87. The number of hydrogen-bond donors (Lipinski definition) is 6. The maximum absolute atomic E-state index is 9.91. The minimum atomic E-state index is -1.44. The molecule has 0 amide bonds. The molecule has 122 valence electrons. The van der Waals surface area contributed by atoms with Gasteiger partial charge in [-0.15, -0.1) is 0 Å². The highest BCUT2D eigenvalue weighted by atomic mass is 32.1. The molecule has 2 rings (SSSR count). The highest BCUT2D eigenvalue weighted by Gasteiger charge is 2.43. The second kappa shape index (κ2) is 7.32. The predicted molar refractivity (Wildman–Crippen MR) is 84.3 cm³/mol. The van der Waals surface area contributed by atoms with Crippen LogP contribution in [-0.4, -0.2) is 62.8 Å². The monoisotopic (exact) mass is 328 g/mol. The Morgan fingerprint density at radius 2 is 1.95 bits per heavy atom. The molecule has 7 nitrogen and oxygen atoms in total. The van der Waals surface area contributed by atoms with Crippen LogP contribution in [-0.2, 0) is 4.74 Å². The molecule has 0 aromatic heterocycles. The normalized spacial score (nSPS) is 31.6. The quantitative estimate of drug-likeness (QED) is 0.395. The van der Waals surface area contributed by atoms with Gasteiger partial charge >= 0.3 is 0 Å². The zero-order valence-corrected chi connectivity index (χ0v) is 12.8. The van der Waals surface area contributed by atoms with E-state index >= 15 is 0 Å². The van der Waals surface area contributed by atoms with Gasteiger partial charge in [-0.1, -0.05) is 12.1 Å². The molecule has 5 atom stereocenters. The van der Waals surface area contributed by atoms with Gasteiger partial charge in [-0.25, -0.2) is 0 Å². The van der Waals surface area contributed by atoms with Crippen molar-refractivity contribution >= 4 is 23.0 Å². The first-order valence-corrected chi connectivity index (χ1v) is 7.28. The fourth-order valence-corrected chi connectivity index (χ4v) is 2.47. The maximum atomic E-state index is 9.91. The van der Waals surface area contributed by atoms with E-state index in [1.165, 1.54) is 0 Å². The summed E-state index contributed by atoms with van der Waals surface area (Å²) in [7, 11) is 0. The van der Waals surface area contributed by atoms with Crippen LogP contribution in [0.2, 0.25) is 0 Å². The number of aryl methyl sites for hydroxylation is 1. The first kappa shape index (κ1) is 17.1. The lowest BCUT2D eigenvalue weighted by atomic mass is 9.98. The number of aliphatic hydroxyl groups is 4. The lowest BCUT2D eigenvalue weighted by molar-refractivity contribution is -0.232. The van der Waals surface area contributed by atoms with Crippen molar-refractivity contribution in [3.63, 3.8) is 0 Å². The molecule has 1 aromatic carbocycles. The standard InChI is InChI=1S/C14H20N2O5S/c1-7-3-2-4-8(5-7)15-14(22)16-13-12(20)11(19)10(18)9(6-17)21-13/h2-5,9-13,17-20H,6H2,1H3,(H2,15,16,22). The van der Waals surface area contributed by atoms with Gasteiger partial charge in [-0.05, 0) is 36.8 Å². The molecule has 5 unspecified atom stereocenters. The molecule has 1 saturated heterocycles. The lowest BCUT2D eigenvalue weighted by Crippen LogP contribution is -2.63. The van der Waals surface area contributed by atoms with Crippen molar-refractivity contribution in [3.8, 4) is 0 Å². The van der Waals surface area contributed by atoms with Crippen molar-refractivity contribution in [2.75, 3.05) is 11.9 Å². The average molecular weight is 328 g/mol. The molecule has 0 aliphatic carbocycles. The number of benzene rings is 1. The molecular weight excluding hydrogens is 308 g/mol. The number of thiocarbonyl (C=S) groups is 1. The van der Waals surface area contributed by atoms with Gasteiger partial charge in [0.15, 0.2) is 11.3 Å². The van der Waals surface area contributed by atoms with Crippen LogP contribution in [0, 0.1) is 6.92 Å². The van der Waals surface area contributed by atoms with Crippen molar-refractivity contribution in [1.29, 1.82) is 0 Å². The molecule has 22 heavy (non-hydrogen) atoms. The van der Waals surface area contributed by atoms with Crippen LogP contribution in [0.4, 0.5) is 5.69 Å². The summed E-state index contributed by atoms with van der Waals surface area (Å²) in [6.45, 7) is 1.46. The Hall–Kier alpha value is -1.29. The Kier molecular flexibility index (Phi) is 5.68. The summed E-state index contributed by atoms with van der Waals surface area (Å²) in [5.74, 6) is 0. The molecule has 1 aliphatic rings. The van der Waals surface area contributed by atoms with Crippen molar-refractivity contribution in [1.82, 2.24) is 5.32 Å². The Bertz CT molecular complexity index is 528. The molecule has 6 N–H and O–H groups in total. The zero-order chi connectivity index (χ0) is 16.3. The van der Waals surface area contributed by atoms with E-state index in [2.05, 4.69) is 10.6 Å². The van der Waals surface area contributed by atoms with Crippen LogP contribution in [0.15, 0.2) is 24.3 Å². The van der Waals surface area contributed by atoms with Crippen molar-refractivity contribution < 1.29 is 25.2 Å². The second-order valence-corrected chi connectivity index (χ2v) is 5.63. The van der Waals surface area contributed by atoms with E-state index in [9.17, 15) is 15.3 Å². The molecule has 1 aliphatic heterocycles. The van der Waals surface area contributed by atoms with E-state index in [-0.39, 0.29) is 5.11 Å². The lowest BCUT2D eigenvalue weighted by Gasteiger charge is -2.40. The number of hydrogen-bond acceptors (Lipinski definition) is 6. The molecular formula is C14H20N2O5S. The van der Waals surface area contributed by atoms with Gasteiger partial charge in [-0.2, -0.15) is 0 Å². The summed E-state index contributed by atoms with van der Waals surface area (Å²) < 4.78 is 5.31. The minimum absolute atomic E-state index is 0.190. The zero-order valence-electron chi connectivity index (χ0n) is 12.0. The van der Waals surface area contributed by atoms with Crippen LogP contribution >= 0.6 is 12.2 Å². The predicted octanol–water partition coefficient (Wildman–Crippen LogP) is -0.919.